The molecule has 1 nitrogen and oxygen atoms in total. The number of hydrogen-bond donors (Lipinski definition) is 0. The van der Waals surface area contributed by atoms with Crippen LogP contribution in [-0.2, 0) is 0 Å². The van der Waals surface area contributed by atoms with Crippen LogP contribution < -0.4 is 0 Å². The summed E-state index contributed by atoms with van der Waals surface area (Å²) >= 11 is 0. The lowest BCUT2D eigenvalue weighted by Crippen LogP contribution is -1.91. The average molecular weight is 584 g/mol. The Morgan fingerprint density at radius 1 is 0.356 bits per heavy atom. The van der Waals surface area contributed by atoms with Crippen molar-refractivity contribution < 1.29 is 19.5 Å². The number of furan rings is 1. The molecule has 1 aromatic heterocycles. The summed E-state index contributed by atoms with van der Waals surface area (Å²) < 4.78 is 103. The molecule has 1 heteroatoms. The third-order valence-electron chi connectivity index (χ3n) is 8.19. The van der Waals surface area contributed by atoms with Gasteiger partial charge < -0.3 is 4.42 Å². The predicted molar refractivity (Wildman–Crippen MR) is 190 cm³/mol. The van der Waals surface area contributed by atoms with E-state index in [0.717, 1.165) is 16.3 Å². The molecule has 210 valence electrons. The van der Waals surface area contributed by atoms with Gasteiger partial charge in [-0.1, -0.05) is 139 Å². The Labute approximate surface area is 277 Å². The van der Waals surface area contributed by atoms with Crippen LogP contribution in [0.25, 0.3) is 88.0 Å². The van der Waals surface area contributed by atoms with Gasteiger partial charge in [-0.15, -0.1) is 0 Å². The topological polar surface area (TPSA) is 13.1 Å². The van der Waals surface area contributed by atoms with Gasteiger partial charge in [0.1, 0.15) is 11.2 Å². The highest BCUT2D eigenvalue weighted by Crippen LogP contribution is 2.45. The van der Waals surface area contributed by atoms with E-state index in [9.17, 15) is 4.11 Å². The minimum Gasteiger partial charge on any atom is -0.456 e. The van der Waals surface area contributed by atoms with E-state index in [4.69, 9.17) is 15.4 Å². The molecule has 0 aliphatic heterocycles. The molecule has 0 atom stereocenters. The molecule has 0 saturated heterocycles. The molecule has 0 radical (unpaired) electrons. The first-order valence-corrected chi connectivity index (χ1v) is 14.5. The highest BCUT2D eigenvalue weighted by Gasteiger charge is 2.18. The van der Waals surface area contributed by atoms with Crippen LogP contribution in [0.4, 0.5) is 0 Å². The van der Waals surface area contributed by atoms with Gasteiger partial charge in [0.05, 0.1) is 15.1 Å². The van der Waals surface area contributed by atoms with E-state index in [-0.39, 0.29) is 87.0 Å². The first kappa shape index (κ1) is 16.8. The minimum atomic E-state index is -0.468. The van der Waals surface area contributed by atoms with Crippen LogP contribution in [0.5, 0.6) is 0 Å². The Hall–Kier alpha value is -5.92. The van der Waals surface area contributed by atoms with Crippen molar-refractivity contribution in [3.05, 3.63) is 170 Å². The van der Waals surface area contributed by atoms with Crippen molar-refractivity contribution in [1.82, 2.24) is 0 Å². The van der Waals surface area contributed by atoms with E-state index >= 15 is 0 Å². The first-order chi connectivity index (χ1) is 26.9. The molecule has 9 rings (SSSR count). The molecule has 0 saturated carbocycles. The lowest BCUT2D eigenvalue weighted by Gasteiger charge is -2.18. The summed E-state index contributed by atoms with van der Waals surface area (Å²) in [5.41, 5.74) is 3.39. The van der Waals surface area contributed by atoms with Crippen LogP contribution in [0.1, 0.15) is 15.1 Å². The van der Waals surface area contributed by atoms with Crippen molar-refractivity contribution in [3.63, 3.8) is 0 Å². The lowest BCUT2D eigenvalue weighted by atomic mass is 9.85. The van der Waals surface area contributed by atoms with E-state index in [0.29, 0.717) is 33.0 Å². The fourth-order valence-electron chi connectivity index (χ4n) is 6.19. The number of benzene rings is 8. The fraction of sp³-hybridized carbons (Fsp3) is 0. The fourth-order valence-corrected chi connectivity index (χ4v) is 6.19. The van der Waals surface area contributed by atoms with E-state index in [1.54, 1.807) is 42.5 Å². The number of rotatable bonds is 4. The summed E-state index contributed by atoms with van der Waals surface area (Å²) in [5.74, 6) is 0. The minimum absolute atomic E-state index is 0.0255. The van der Waals surface area contributed by atoms with Crippen LogP contribution in [0, 0.1) is 0 Å². The Balaban J connectivity index is 1.34. The molecular weight excluding hydrogens is 544 g/mol. The monoisotopic (exact) mass is 583 g/mol. The van der Waals surface area contributed by atoms with Gasteiger partial charge in [0, 0.05) is 10.8 Å². The summed E-state index contributed by atoms with van der Waals surface area (Å²) in [7, 11) is 0. The van der Waals surface area contributed by atoms with Crippen LogP contribution in [0.3, 0.4) is 0 Å². The summed E-state index contributed by atoms with van der Waals surface area (Å²) in [6.07, 6.45) is 0. The molecule has 8 aromatic carbocycles. The SMILES string of the molecule is [2H]c1c([2H])c([2H])c(-c2cccc(-c3c4ccccc4c(-c4c([2H])c([2H])c5c(oc6c([2H])c(-c7ccccc7)c([2H])c([2H])c65)c4[2H])c4ccccc34)c2)c([2H])c1[2H]. The van der Waals surface area contributed by atoms with Crippen LogP contribution in [0.15, 0.2) is 174 Å². The number of fused-ring (bicyclic) bond motifs is 5. The Morgan fingerprint density at radius 3 is 1.51 bits per heavy atom. The Morgan fingerprint density at radius 2 is 0.867 bits per heavy atom. The van der Waals surface area contributed by atoms with Gasteiger partial charge in [0.15, 0.2) is 0 Å². The van der Waals surface area contributed by atoms with Crippen molar-refractivity contribution in [2.24, 2.45) is 0 Å². The maximum absolute atomic E-state index is 9.59. The van der Waals surface area contributed by atoms with Gasteiger partial charge in [-0.25, -0.2) is 0 Å². The number of hydrogen-bond acceptors (Lipinski definition) is 1. The molecule has 0 fully saturated rings. The standard InChI is InChI=1S/C44H28O/c1-3-12-29(13-4-1)31-16-11-17-33(26-31)43-37-18-7-9-20-39(37)44(40-21-10-8-19-38(40)43)34-23-25-36-35-24-22-32(30-14-5-2-6-15-30)27-41(35)45-42(36)28-34/h1-28H/i1D,3D,4D,12D,13D,22D,23D,24D,25D,27D,28D. The zero-order valence-corrected chi connectivity index (χ0v) is 23.7. The van der Waals surface area contributed by atoms with Crippen molar-refractivity contribution in [1.29, 1.82) is 0 Å². The van der Waals surface area contributed by atoms with Crippen LogP contribution >= 0.6 is 0 Å². The molecule has 9 aromatic rings. The highest BCUT2D eigenvalue weighted by atomic mass is 16.3. The summed E-state index contributed by atoms with van der Waals surface area (Å²) in [6.45, 7) is 0. The van der Waals surface area contributed by atoms with E-state index < -0.39 is 18.1 Å². The second kappa shape index (κ2) is 10.4. The van der Waals surface area contributed by atoms with Gasteiger partial charge in [0.25, 0.3) is 0 Å². The second-order valence-electron chi connectivity index (χ2n) is 10.8. The largest absolute Gasteiger partial charge is 0.456 e. The molecule has 0 spiro atoms. The van der Waals surface area contributed by atoms with E-state index in [1.807, 2.05) is 60.7 Å². The molecular formula is C44H28O. The molecule has 0 amide bonds. The zero-order chi connectivity index (χ0) is 39.3. The summed E-state index contributed by atoms with van der Waals surface area (Å²) in [6, 6.07) is 27.9. The van der Waals surface area contributed by atoms with Crippen molar-refractivity contribution in [3.8, 4) is 44.5 Å². The third-order valence-corrected chi connectivity index (χ3v) is 8.19. The normalized spacial score (nSPS) is 15.0. The summed E-state index contributed by atoms with van der Waals surface area (Å²) in [4.78, 5) is 0. The Bertz CT molecular complexity index is 3070. The Kier molecular flexibility index (Phi) is 3.87. The molecule has 0 aliphatic rings. The van der Waals surface area contributed by atoms with Crippen LogP contribution in [-0.4, -0.2) is 0 Å². The van der Waals surface area contributed by atoms with Crippen LogP contribution in [0.2, 0.25) is 0 Å². The average Bonchev–Trinajstić information content (AvgIpc) is 3.63. The maximum atomic E-state index is 9.59. The highest BCUT2D eigenvalue weighted by molar-refractivity contribution is 6.22. The van der Waals surface area contributed by atoms with Crippen molar-refractivity contribution in [2.75, 3.05) is 0 Å². The van der Waals surface area contributed by atoms with Crippen molar-refractivity contribution in [2.45, 2.75) is 0 Å². The van der Waals surface area contributed by atoms with Gasteiger partial charge in [0.2, 0.25) is 0 Å². The predicted octanol–water partition coefficient (Wildman–Crippen LogP) is 12.6. The maximum Gasteiger partial charge on any atom is 0.136 e. The van der Waals surface area contributed by atoms with Gasteiger partial charge in [-0.2, -0.15) is 0 Å². The molecule has 45 heavy (non-hydrogen) atoms. The molecule has 0 N–H and O–H groups in total. The van der Waals surface area contributed by atoms with E-state index in [2.05, 4.69) is 0 Å². The molecule has 0 aliphatic carbocycles. The zero-order valence-electron chi connectivity index (χ0n) is 34.7. The molecule has 0 bridgehead atoms. The quantitative estimate of drug-likeness (QED) is 0.188. The summed E-state index contributed by atoms with van der Waals surface area (Å²) in [5, 5.41) is 2.95. The van der Waals surface area contributed by atoms with Gasteiger partial charge in [-0.05, 0) is 96.3 Å². The third kappa shape index (κ3) is 4.24. The smallest absolute Gasteiger partial charge is 0.136 e. The molecule has 0 unspecified atom stereocenters. The second-order valence-corrected chi connectivity index (χ2v) is 10.8. The van der Waals surface area contributed by atoms with E-state index in [1.165, 1.54) is 0 Å². The molecule has 1 heterocycles. The van der Waals surface area contributed by atoms with Crippen molar-refractivity contribution >= 4 is 43.5 Å². The lowest BCUT2D eigenvalue weighted by molar-refractivity contribution is 0.669. The first-order valence-electron chi connectivity index (χ1n) is 20.0. The van der Waals surface area contributed by atoms with Gasteiger partial charge in [-0.3, -0.25) is 0 Å². The van der Waals surface area contributed by atoms with Gasteiger partial charge >= 0.3 is 0 Å².